The molecule has 1 aromatic carbocycles. The van der Waals surface area contributed by atoms with Crippen molar-refractivity contribution >= 4 is 11.6 Å². The van der Waals surface area contributed by atoms with Gasteiger partial charge in [-0.15, -0.1) is 0 Å². The second-order valence-corrected chi connectivity index (χ2v) is 11.6. The number of anilines is 1. The number of carbonyl (C=O) groups is 1. The molecule has 3 aromatic rings. The minimum absolute atomic E-state index is 0.0148. The highest BCUT2D eigenvalue weighted by Crippen LogP contribution is 2.57. The predicted molar refractivity (Wildman–Crippen MR) is 141 cm³/mol. The summed E-state index contributed by atoms with van der Waals surface area (Å²) in [5.74, 6) is 1.62. The van der Waals surface area contributed by atoms with E-state index in [-0.39, 0.29) is 22.2 Å². The number of aromatic nitrogens is 4. The van der Waals surface area contributed by atoms with E-state index < -0.39 is 0 Å². The Balaban J connectivity index is 1.18. The Morgan fingerprint density at radius 2 is 1.76 bits per heavy atom. The van der Waals surface area contributed by atoms with Gasteiger partial charge in [-0.05, 0) is 75.5 Å². The molecule has 7 rings (SSSR count). The van der Waals surface area contributed by atoms with Gasteiger partial charge >= 0.3 is 6.01 Å². The molecule has 3 heterocycles. The van der Waals surface area contributed by atoms with Crippen molar-refractivity contribution in [2.45, 2.75) is 70.1 Å². The minimum Gasteiger partial charge on any atom is -0.464 e. The fourth-order valence-electron chi connectivity index (χ4n) is 6.29. The number of rotatable bonds is 8. The molecule has 0 atom stereocenters. The average molecular weight is 518 g/mol. The lowest BCUT2D eigenvalue weighted by Crippen LogP contribution is -2.50. The number of carbonyl (C=O) groups excluding carboxylic acids is 1. The van der Waals surface area contributed by atoms with E-state index in [1.807, 2.05) is 30.0 Å². The molecule has 38 heavy (non-hydrogen) atoms. The molecule has 9 nitrogen and oxygen atoms in total. The van der Waals surface area contributed by atoms with E-state index in [1.54, 1.807) is 19.3 Å². The van der Waals surface area contributed by atoms with Crippen LogP contribution in [0, 0.1) is 5.41 Å². The van der Waals surface area contributed by atoms with Gasteiger partial charge in [-0.2, -0.15) is 4.98 Å². The molecule has 3 aliphatic carbocycles. The molecule has 2 bridgehead atoms. The average Bonchev–Trinajstić information content (AvgIpc) is 3.44. The maximum atomic E-state index is 12.9. The summed E-state index contributed by atoms with van der Waals surface area (Å²) in [5, 5.41) is 4.45. The Labute approximate surface area is 223 Å². The normalized spacial score (nSPS) is 25.6. The lowest BCUT2D eigenvalue weighted by molar-refractivity contribution is -0.117. The maximum Gasteiger partial charge on any atom is 0.316 e. The SMILES string of the molecule is CCOc1ncc(-c2cccc(N(CC34CCC(c5noc(C6(C)COC6)n5)(CC3)CC4)C(C)=O)c2)cn1. The van der Waals surface area contributed by atoms with Gasteiger partial charge in [0.15, 0.2) is 5.82 Å². The third-order valence-electron chi connectivity index (χ3n) is 8.93. The number of benzene rings is 1. The first-order chi connectivity index (χ1) is 18.3. The molecule has 200 valence electrons. The van der Waals surface area contributed by atoms with Crippen molar-refractivity contribution in [3.63, 3.8) is 0 Å². The standard InChI is InChI=1S/C29H35N5O4/c1-4-37-26-30-15-22(16-31-26)21-6-5-7-23(14-21)34(20(2)35)17-28-8-11-29(12-9-28,13-10-28)24-32-25(38-33-24)27(3)18-36-19-27/h5-7,14-16H,4,8-13,17-19H2,1-3H3. The monoisotopic (exact) mass is 517 g/mol. The lowest BCUT2D eigenvalue weighted by atomic mass is 9.53. The Hall–Kier alpha value is -3.33. The van der Waals surface area contributed by atoms with Crippen LogP contribution in [0.1, 0.15) is 71.0 Å². The van der Waals surface area contributed by atoms with Gasteiger partial charge in [0.2, 0.25) is 11.8 Å². The molecule has 0 radical (unpaired) electrons. The topological polar surface area (TPSA) is 103 Å². The summed E-state index contributed by atoms with van der Waals surface area (Å²) >= 11 is 0. The van der Waals surface area contributed by atoms with Gasteiger partial charge in [-0.25, -0.2) is 9.97 Å². The van der Waals surface area contributed by atoms with Crippen molar-refractivity contribution in [1.82, 2.24) is 20.1 Å². The zero-order chi connectivity index (χ0) is 26.4. The molecular weight excluding hydrogens is 482 g/mol. The first-order valence-corrected chi connectivity index (χ1v) is 13.6. The van der Waals surface area contributed by atoms with E-state index in [9.17, 15) is 4.79 Å². The number of nitrogens with zero attached hydrogens (tertiary/aromatic N) is 5. The maximum absolute atomic E-state index is 12.9. The molecule has 9 heteroatoms. The van der Waals surface area contributed by atoms with Crippen LogP contribution >= 0.6 is 0 Å². The summed E-state index contributed by atoms with van der Waals surface area (Å²) in [6.45, 7) is 8.20. The third-order valence-corrected chi connectivity index (χ3v) is 8.93. The zero-order valence-corrected chi connectivity index (χ0v) is 22.4. The number of ether oxygens (including phenoxy) is 2. The molecule has 0 spiro atoms. The molecule has 0 N–H and O–H groups in total. The van der Waals surface area contributed by atoms with Crippen LogP contribution in [-0.2, 0) is 20.4 Å². The van der Waals surface area contributed by atoms with Crippen LogP contribution in [0.3, 0.4) is 0 Å². The fourth-order valence-corrected chi connectivity index (χ4v) is 6.29. The summed E-state index contributed by atoms with van der Waals surface area (Å²) in [6, 6.07) is 8.44. The summed E-state index contributed by atoms with van der Waals surface area (Å²) in [5.41, 5.74) is 2.70. The van der Waals surface area contributed by atoms with Crippen LogP contribution < -0.4 is 9.64 Å². The van der Waals surface area contributed by atoms with Gasteiger partial charge in [0.05, 0.1) is 25.2 Å². The molecule has 1 amide bonds. The molecular formula is C29H35N5O4. The number of hydrogen-bond donors (Lipinski definition) is 0. The van der Waals surface area contributed by atoms with E-state index in [0.29, 0.717) is 38.3 Å². The largest absolute Gasteiger partial charge is 0.464 e. The van der Waals surface area contributed by atoms with Crippen LogP contribution in [0.2, 0.25) is 0 Å². The first-order valence-electron chi connectivity index (χ1n) is 13.6. The van der Waals surface area contributed by atoms with Crippen molar-refractivity contribution in [2.75, 3.05) is 31.3 Å². The predicted octanol–water partition coefficient (Wildman–Crippen LogP) is 4.86. The van der Waals surface area contributed by atoms with E-state index in [2.05, 4.69) is 28.1 Å². The molecule has 1 aliphatic heterocycles. The van der Waals surface area contributed by atoms with Crippen molar-refractivity contribution in [3.05, 3.63) is 48.4 Å². The Kier molecular flexibility index (Phi) is 6.21. The number of hydrogen-bond acceptors (Lipinski definition) is 8. The van der Waals surface area contributed by atoms with Gasteiger partial charge in [0.25, 0.3) is 0 Å². The molecule has 1 saturated heterocycles. The van der Waals surface area contributed by atoms with Crippen molar-refractivity contribution < 1.29 is 18.8 Å². The van der Waals surface area contributed by atoms with Crippen LogP contribution in [0.5, 0.6) is 6.01 Å². The number of amides is 1. The van der Waals surface area contributed by atoms with Crippen molar-refractivity contribution in [1.29, 1.82) is 0 Å². The van der Waals surface area contributed by atoms with Crippen molar-refractivity contribution in [2.24, 2.45) is 5.41 Å². The lowest BCUT2D eigenvalue weighted by Gasteiger charge is -2.53. The quantitative estimate of drug-likeness (QED) is 0.417. The Morgan fingerprint density at radius 3 is 2.37 bits per heavy atom. The van der Waals surface area contributed by atoms with Crippen LogP contribution in [0.15, 0.2) is 41.2 Å². The number of fused-ring (bicyclic) bond motifs is 3. The van der Waals surface area contributed by atoms with Crippen LogP contribution in [-0.4, -0.2) is 52.4 Å². The molecule has 4 aliphatic rings. The molecule has 4 fully saturated rings. The summed E-state index contributed by atoms with van der Waals surface area (Å²) in [4.78, 5) is 28.3. The molecule has 2 aromatic heterocycles. The smallest absolute Gasteiger partial charge is 0.316 e. The second-order valence-electron chi connectivity index (χ2n) is 11.6. The highest BCUT2D eigenvalue weighted by atomic mass is 16.5. The van der Waals surface area contributed by atoms with Gasteiger partial charge in [0, 0.05) is 42.5 Å². The summed E-state index contributed by atoms with van der Waals surface area (Å²) in [6.07, 6.45) is 9.74. The van der Waals surface area contributed by atoms with Gasteiger partial charge < -0.3 is 18.9 Å². The van der Waals surface area contributed by atoms with E-state index in [0.717, 1.165) is 61.2 Å². The Morgan fingerprint density at radius 1 is 1.05 bits per heavy atom. The van der Waals surface area contributed by atoms with Crippen LogP contribution in [0.25, 0.3) is 11.1 Å². The van der Waals surface area contributed by atoms with Gasteiger partial charge in [-0.3, -0.25) is 4.79 Å². The molecule has 3 saturated carbocycles. The van der Waals surface area contributed by atoms with Gasteiger partial charge in [0.1, 0.15) is 0 Å². The van der Waals surface area contributed by atoms with Crippen molar-refractivity contribution in [3.8, 4) is 17.1 Å². The van der Waals surface area contributed by atoms with Crippen LogP contribution in [0.4, 0.5) is 5.69 Å². The zero-order valence-electron chi connectivity index (χ0n) is 22.4. The molecule has 0 unspecified atom stereocenters. The van der Waals surface area contributed by atoms with E-state index in [1.165, 1.54) is 0 Å². The second kappa shape index (κ2) is 9.45. The summed E-state index contributed by atoms with van der Waals surface area (Å²) < 4.78 is 16.5. The van der Waals surface area contributed by atoms with E-state index >= 15 is 0 Å². The highest BCUT2D eigenvalue weighted by Gasteiger charge is 2.53. The van der Waals surface area contributed by atoms with Gasteiger partial charge in [-0.1, -0.05) is 17.3 Å². The fraction of sp³-hybridized carbons (Fsp3) is 0.552. The minimum atomic E-state index is -0.150. The first kappa shape index (κ1) is 25.0. The highest BCUT2D eigenvalue weighted by molar-refractivity contribution is 5.92. The Bertz CT molecular complexity index is 1290. The third kappa shape index (κ3) is 4.36. The summed E-state index contributed by atoms with van der Waals surface area (Å²) in [7, 11) is 0. The van der Waals surface area contributed by atoms with E-state index in [4.69, 9.17) is 19.0 Å².